The Balaban J connectivity index is 0.000000340. The molecular weight excluding hydrogens is 454 g/mol. The van der Waals surface area contributed by atoms with Gasteiger partial charge in [0, 0.05) is 6.54 Å². The molecule has 0 aromatic carbocycles. The number of carbonyl (C=O) groups excluding carboxylic acids is 2. The minimum absolute atomic E-state index is 0.102. The molecular formula is C25H49N3O5S. The van der Waals surface area contributed by atoms with Crippen LogP contribution in [0, 0.1) is 5.92 Å². The number of aliphatic carboxylic acids is 1. The number of carboxylic acids is 1. The highest BCUT2D eigenvalue weighted by molar-refractivity contribution is 7.93. The summed E-state index contributed by atoms with van der Waals surface area (Å²) in [6.07, 6.45) is 11.1. The maximum Gasteiger partial charge on any atom is 0.231 e. The average Bonchev–Trinajstić information content (AvgIpc) is 2.93. The fourth-order valence-electron chi connectivity index (χ4n) is 5.25. The summed E-state index contributed by atoms with van der Waals surface area (Å²) in [6.45, 7) is 17.5. The van der Waals surface area contributed by atoms with Crippen LogP contribution in [0.2, 0.25) is 0 Å². The maximum absolute atomic E-state index is 12.2. The van der Waals surface area contributed by atoms with Gasteiger partial charge in [-0.25, -0.2) is 8.42 Å². The summed E-state index contributed by atoms with van der Waals surface area (Å²) < 4.78 is 24.2. The first-order valence-corrected chi connectivity index (χ1v) is 14.8. The Morgan fingerprint density at radius 2 is 1.32 bits per heavy atom. The predicted octanol–water partition coefficient (Wildman–Crippen LogP) is 2.06. The smallest absolute Gasteiger partial charge is 0.231 e. The Morgan fingerprint density at radius 3 is 1.62 bits per heavy atom. The number of amides is 1. The topological polar surface area (TPSA) is 121 Å². The van der Waals surface area contributed by atoms with Gasteiger partial charge in [-0.1, -0.05) is 53.4 Å². The van der Waals surface area contributed by atoms with Gasteiger partial charge in [0.15, 0.2) is 9.84 Å². The van der Waals surface area contributed by atoms with Crippen LogP contribution in [-0.4, -0.2) is 78.6 Å². The monoisotopic (exact) mass is 503 g/mol. The van der Waals surface area contributed by atoms with E-state index in [-0.39, 0.29) is 6.54 Å². The molecule has 0 saturated carbocycles. The first kappa shape index (κ1) is 30.8. The van der Waals surface area contributed by atoms with E-state index in [9.17, 15) is 23.1 Å². The number of sulfone groups is 1. The number of hydrogen-bond acceptors (Lipinski definition) is 6. The Hall–Kier alpha value is -1.19. The number of β-lactam (4-membered cyclic amide) rings is 1. The van der Waals surface area contributed by atoms with Crippen molar-refractivity contribution in [3.8, 4) is 0 Å². The van der Waals surface area contributed by atoms with E-state index in [4.69, 9.17) is 5.73 Å². The van der Waals surface area contributed by atoms with Crippen LogP contribution in [0.3, 0.4) is 0 Å². The first-order chi connectivity index (χ1) is 15.9. The van der Waals surface area contributed by atoms with Gasteiger partial charge >= 0.3 is 0 Å². The van der Waals surface area contributed by atoms with Crippen LogP contribution in [-0.2, 0) is 19.4 Å². The minimum Gasteiger partial charge on any atom is -0.548 e. The number of nitrogens with zero attached hydrogens (tertiary/aromatic N) is 2. The van der Waals surface area contributed by atoms with Crippen molar-refractivity contribution in [2.45, 2.75) is 109 Å². The van der Waals surface area contributed by atoms with E-state index in [0.29, 0.717) is 0 Å². The summed E-state index contributed by atoms with van der Waals surface area (Å²) in [4.78, 5) is 23.6. The number of fused-ring (bicyclic) bond motifs is 1. The fourth-order valence-corrected chi connectivity index (χ4v) is 7.58. The van der Waals surface area contributed by atoms with Gasteiger partial charge in [0.1, 0.15) is 5.37 Å². The molecule has 2 saturated heterocycles. The van der Waals surface area contributed by atoms with Crippen LogP contribution < -0.4 is 10.8 Å². The van der Waals surface area contributed by atoms with Crippen LogP contribution >= 0.6 is 0 Å². The van der Waals surface area contributed by atoms with E-state index in [0.717, 1.165) is 4.90 Å². The van der Waals surface area contributed by atoms with Crippen LogP contribution in [0.5, 0.6) is 0 Å². The van der Waals surface area contributed by atoms with Gasteiger partial charge in [-0.15, -0.1) is 0 Å². The molecule has 34 heavy (non-hydrogen) atoms. The molecule has 0 aromatic heterocycles. The summed E-state index contributed by atoms with van der Waals surface area (Å²) in [5.74, 6) is -2.91. The molecule has 200 valence electrons. The zero-order chi connectivity index (χ0) is 26.2. The van der Waals surface area contributed by atoms with E-state index in [1.807, 2.05) is 0 Å². The van der Waals surface area contributed by atoms with Crippen molar-refractivity contribution in [1.29, 1.82) is 0 Å². The second kappa shape index (κ2) is 13.2. The van der Waals surface area contributed by atoms with Gasteiger partial charge in [-0.3, -0.25) is 4.79 Å². The minimum atomic E-state index is -3.75. The van der Waals surface area contributed by atoms with Crippen LogP contribution in [0.1, 0.15) is 92.9 Å². The molecule has 0 aromatic rings. The standard InChI is InChI=1S/C16H36N.C9H14N2O5S/c1-5-9-13-17(14-10-6-2,15-11-7-3)16-12-8-4;1-9(2)5(8(13)14)11-6(12)4(3-10)7(11)17(9,15)16/h5-16H2,1-4H3;4-5,7H,3,10H2,1-2H3,(H,13,14)/q+1;/p-1/t;4-,5-,7+/m.0/s1. The van der Waals surface area contributed by atoms with Gasteiger partial charge in [-0.2, -0.15) is 0 Å². The lowest BCUT2D eigenvalue weighted by Gasteiger charge is -2.43. The van der Waals surface area contributed by atoms with Crippen molar-refractivity contribution in [1.82, 2.24) is 4.90 Å². The van der Waals surface area contributed by atoms with Crippen molar-refractivity contribution in [2.75, 3.05) is 32.7 Å². The largest absolute Gasteiger partial charge is 0.548 e. The molecule has 2 aliphatic heterocycles. The molecule has 2 N–H and O–H groups in total. The maximum atomic E-state index is 12.2. The number of carboxylic acid groups (broad SMARTS) is 1. The predicted molar refractivity (Wildman–Crippen MR) is 134 cm³/mol. The summed E-state index contributed by atoms with van der Waals surface area (Å²) in [7, 11) is -3.75. The van der Waals surface area contributed by atoms with Gasteiger partial charge in [0.25, 0.3) is 0 Å². The van der Waals surface area contributed by atoms with Gasteiger partial charge in [0.05, 0.1) is 48.9 Å². The molecule has 0 aliphatic carbocycles. The molecule has 2 heterocycles. The van der Waals surface area contributed by atoms with E-state index >= 15 is 0 Å². The van der Waals surface area contributed by atoms with E-state index in [1.165, 1.54) is 95.9 Å². The summed E-state index contributed by atoms with van der Waals surface area (Å²) in [5, 5.41) is 9.92. The average molecular weight is 504 g/mol. The van der Waals surface area contributed by atoms with Crippen molar-refractivity contribution in [2.24, 2.45) is 11.7 Å². The molecule has 3 atom stereocenters. The van der Waals surface area contributed by atoms with Gasteiger partial charge in [-0.05, 0) is 39.5 Å². The molecule has 9 heteroatoms. The fraction of sp³-hybridized carbons (Fsp3) is 0.920. The van der Waals surface area contributed by atoms with Crippen molar-refractivity contribution in [3.63, 3.8) is 0 Å². The van der Waals surface area contributed by atoms with Crippen molar-refractivity contribution >= 4 is 21.7 Å². The molecule has 2 rings (SSSR count). The molecule has 8 nitrogen and oxygen atoms in total. The number of nitrogens with two attached hydrogens (primary N) is 1. The first-order valence-electron chi connectivity index (χ1n) is 13.2. The molecule has 2 aliphatic rings. The lowest BCUT2D eigenvalue weighted by Crippen LogP contribution is -2.66. The highest BCUT2D eigenvalue weighted by atomic mass is 32.2. The quantitative estimate of drug-likeness (QED) is 0.286. The molecule has 0 bridgehead atoms. The number of unbranched alkanes of at least 4 members (excludes halogenated alkanes) is 4. The second-order valence-corrected chi connectivity index (χ2v) is 13.1. The Morgan fingerprint density at radius 1 is 0.941 bits per heavy atom. The van der Waals surface area contributed by atoms with E-state index in [2.05, 4.69) is 27.7 Å². The van der Waals surface area contributed by atoms with Crippen LogP contribution in [0.25, 0.3) is 0 Å². The molecule has 0 spiro atoms. The molecule has 1 amide bonds. The van der Waals surface area contributed by atoms with Crippen molar-refractivity contribution in [3.05, 3.63) is 0 Å². The van der Waals surface area contributed by atoms with Crippen LogP contribution in [0.15, 0.2) is 0 Å². The molecule has 0 unspecified atom stereocenters. The SMILES string of the molecule is CC1(C)[C@H](C(=O)[O-])N2C(=O)[C@H](CN)[C@H]2S1(=O)=O.CCCC[N+](CCCC)(CCCC)CCCC. The molecule has 0 radical (unpaired) electrons. The number of rotatable bonds is 14. The third-order valence-corrected chi connectivity index (χ3v) is 10.5. The summed E-state index contributed by atoms with van der Waals surface area (Å²) in [6, 6.07) is -1.44. The highest BCUT2D eigenvalue weighted by Crippen LogP contribution is 2.47. The zero-order valence-corrected chi connectivity index (χ0v) is 23.2. The van der Waals surface area contributed by atoms with Crippen LogP contribution in [0.4, 0.5) is 0 Å². The normalized spacial score (nSPS) is 24.7. The lowest BCUT2D eigenvalue weighted by atomic mass is 9.92. The Kier molecular flexibility index (Phi) is 12.0. The lowest BCUT2D eigenvalue weighted by molar-refractivity contribution is -0.929. The number of hydrogen-bond donors (Lipinski definition) is 1. The molecule has 2 fully saturated rings. The third kappa shape index (κ3) is 6.32. The second-order valence-electron chi connectivity index (χ2n) is 10.5. The summed E-state index contributed by atoms with van der Waals surface area (Å²) >= 11 is 0. The Bertz CT molecular complexity index is 731. The van der Waals surface area contributed by atoms with E-state index in [1.54, 1.807) is 0 Å². The highest BCUT2D eigenvalue weighted by Gasteiger charge is 2.69. The van der Waals surface area contributed by atoms with Gasteiger partial charge in [0.2, 0.25) is 5.91 Å². The zero-order valence-electron chi connectivity index (χ0n) is 22.3. The van der Waals surface area contributed by atoms with E-state index < -0.39 is 43.8 Å². The van der Waals surface area contributed by atoms with Gasteiger partial charge < -0.3 is 25.0 Å². The van der Waals surface area contributed by atoms with Crippen molar-refractivity contribution < 1.29 is 27.6 Å². The third-order valence-electron chi connectivity index (χ3n) is 7.60. The summed E-state index contributed by atoms with van der Waals surface area (Å²) in [5.41, 5.74) is 5.34. The Labute approximate surface area is 207 Å². The number of carbonyl (C=O) groups is 2. The number of quaternary nitrogens is 1.